The van der Waals surface area contributed by atoms with Crippen LogP contribution in [0.25, 0.3) is 11.3 Å². The summed E-state index contributed by atoms with van der Waals surface area (Å²) in [6.45, 7) is 1.15. The summed E-state index contributed by atoms with van der Waals surface area (Å²) >= 11 is 1.35. The maximum atomic E-state index is 13.0. The number of carbonyl (C=O) groups is 3. The van der Waals surface area contributed by atoms with Gasteiger partial charge in [0.15, 0.2) is 5.01 Å². The number of thiazole rings is 1. The number of para-hydroxylation sites is 1. The van der Waals surface area contributed by atoms with Crippen molar-refractivity contribution in [3.63, 3.8) is 0 Å². The Kier molecular flexibility index (Phi) is 5.45. The standard InChI is InChI=1S/C24H22N4O3S/c29-21-15-27(24(31)28(21)19-9-5-2-6-10-19)18-11-13-26(14-12-18)23(30)22-25-20(16-32-22)17-7-3-1-4-8-17/h1-10,16,18H,11-15H2. The third-order valence-corrected chi connectivity index (χ3v) is 6.79. The van der Waals surface area contributed by atoms with Crippen LogP contribution < -0.4 is 4.90 Å². The fourth-order valence-electron chi connectivity index (χ4n) is 4.27. The lowest BCUT2D eigenvalue weighted by Crippen LogP contribution is -2.48. The second-order valence-corrected chi connectivity index (χ2v) is 8.76. The number of carbonyl (C=O) groups excluding carboxylic acids is 3. The molecule has 2 saturated heterocycles. The van der Waals surface area contributed by atoms with Crippen molar-refractivity contribution in [2.45, 2.75) is 18.9 Å². The third-order valence-electron chi connectivity index (χ3n) is 5.96. The Bertz CT molecular complexity index is 1140. The zero-order valence-corrected chi connectivity index (χ0v) is 18.2. The molecule has 0 N–H and O–H groups in total. The van der Waals surface area contributed by atoms with Gasteiger partial charge in [-0.25, -0.2) is 14.7 Å². The number of aromatic nitrogens is 1. The SMILES string of the molecule is O=C(c1nc(-c2ccccc2)cs1)N1CCC(N2CC(=O)N(c3ccccc3)C2=O)CC1. The van der Waals surface area contributed by atoms with Gasteiger partial charge in [0.25, 0.3) is 11.8 Å². The van der Waals surface area contributed by atoms with E-state index in [-0.39, 0.29) is 30.4 Å². The van der Waals surface area contributed by atoms with Crippen molar-refractivity contribution < 1.29 is 14.4 Å². The van der Waals surface area contributed by atoms with Crippen molar-refractivity contribution in [2.75, 3.05) is 24.5 Å². The number of hydrogen-bond donors (Lipinski definition) is 0. The molecule has 3 heterocycles. The van der Waals surface area contributed by atoms with Crippen molar-refractivity contribution in [1.82, 2.24) is 14.8 Å². The number of amides is 4. The van der Waals surface area contributed by atoms with Gasteiger partial charge in [-0.2, -0.15) is 0 Å². The Morgan fingerprint density at radius 2 is 1.59 bits per heavy atom. The first-order valence-electron chi connectivity index (χ1n) is 10.6. The van der Waals surface area contributed by atoms with E-state index < -0.39 is 0 Å². The van der Waals surface area contributed by atoms with E-state index in [0.29, 0.717) is 36.6 Å². The van der Waals surface area contributed by atoms with Crippen LogP contribution in [0.2, 0.25) is 0 Å². The summed E-state index contributed by atoms with van der Waals surface area (Å²) in [5.41, 5.74) is 2.38. The predicted octanol–water partition coefficient (Wildman–Crippen LogP) is 3.88. The van der Waals surface area contributed by atoms with E-state index in [1.807, 2.05) is 53.9 Å². The molecule has 4 amide bonds. The van der Waals surface area contributed by atoms with Gasteiger partial charge in [0.05, 0.1) is 11.4 Å². The van der Waals surface area contributed by atoms with Crippen LogP contribution in [0.15, 0.2) is 66.0 Å². The van der Waals surface area contributed by atoms with Crippen LogP contribution in [0.5, 0.6) is 0 Å². The van der Waals surface area contributed by atoms with E-state index in [0.717, 1.165) is 11.3 Å². The summed E-state index contributed by atoms with van der Waals surface area (Å²) in [5.74, 6) is -0.290. The first-order valence-corrected chi connectivity index (χ1v) is 11.5. The van der Waals surface area contributed by atoms with Gasteiger partial charge >= 0.3 is 6.03 Å². The van der Waals surface area contributed by atoms with E-state index in [9.17, 15) is 14.4 Å². The fourth-order valence-corrected chi connectivity index (χ4v) is 5.06. The molecule has 3 aromatic rings. The van der Waals surface area contributed by atoms with Gasteiger partial charge < -0.3 is 9.80 Å². The number of anilines is 1. The van der Waals surface area contributed by atoms with Crippen molar-refractivity contribution in [2.24, 2.45) is 0 Å². The van der Waals surface area contributed by atoms with E-state index in [1.165, 1.54) is 16.2 Å². The van der Waals surface area contributed by atoms with Crippen LogP contribution in [0, 0.1) is 0 Å². The van der Waals surface area contributed by atoms with Crippen LogP contribution in [-0.4, -0.2) is 58.3 Å². The van der Waals surface area contributed by atoms with Crippen molar-refractivity contribution >= 4 is 34.9 Å². The molecule has 8 heteroatoms. The summed E-state index contributed by atoms with van der Waals surface area (Å²) in [6.07, 6.45) is 1.29. The molecule has 0 bridgehead atoms. The quantitative estimate of drug-likeness (QED) is 0.570. The molecule has 0 spiro atoms. The zero-order chi connectivity index (χ0) is 22.1. The molecule has 0 saturated carbocycles. The average Bonchev–Trinajstić information content (AvgIpc) is 3.45. The Labute approximate surface area is 189 Å². The summed E-state index contributed by atoms with van der Waals surface area (Å²) in [4.78, 5) is 47.6. The van der Waals surface area contributed by atoms with Gasteiger partial charge in [-0.05, 0) is 25.0 Å². The van der Waals surface area contributed by atoms with E-state index in [4.69, 9.17) is 0 Å². The number of urea groups is 1. The number of likely N-dealkylation sites (tertiary alicyclic amines) is 1. The second-order valence-electron chi connectivity index (χ2n) is 7.90. The molecule has 0 atom stereocenters. The lowest BCUT2D eigenvalue weighted by molar-refractivity contribution is -0.116. The summed E-state index contributed by atoms with van der Waals surface area (Å²) < 4.78 is 0. The van der Waals surface area contributed by atoms with Crippen LogP contribution in [-0.2, 0) is 4.79 Å². The molecule has 2 aromatic carbocycles. The van der Waals surface area contributed by atoms with Gasteiger partial charge in [0.1, 0.15) is 6.54 Å². The minimum Gasteiger partial charge on any atom is -0.336 e. The molecular formula is C24H22N4O3S. The molecule has 2 aliphatic rings. The molecule has 0 radical (unpaired) electrons. The number of piperidine rings is 1. The van der Waals surface area contributed by atoms with Crippen LogP contribution in [0.4, 0.5) is 10.5 Å². The van der Waals surface area contributed by atoms with Gasteiger partial charge in [-0.1, -0.05) is 48.5 Å². The Morgan fingerprint density at radius 1 is 0.938 bits per heavy atom. The second kappa shape index (κ2) is 8.55. The molecule has 1 aromatic heterocycles. The highest BCUT2D eigenvalue weighted by Gasteiger charge is 2.41. The molecule has 0 aliphatic carbocycles. The molecule has 5 rings (SSSR count). The van der Waals surface area contributed by atoms with Crippen LogP contribution in [0.1, 0.15) is 22.6 Å². The first-order chi connectivity index (χ1) is 15.6. The Hall–Kier alpha value is -3.52. The lowest BCUT2D eigenvalue weighted by atomic mass is 10.0. The van der Waals surface area contributed by atoms with E-state index in [2.05, 4.69) is 4.98 Å². The molecule has 0 unspecified atom stereocenters. The third kappa shape index (κ3) is 3.78. The predicted molar refractivity (Wildman–Crippen MR) is 123 cm³/mol. The molecule has 162 valence electrons. The van der Waals surface area contributed by atoms with Gasteiger partial charge in [0, 0.05) is 30.1 Å². The minimum atomic E-state index is -0.279. The number of rotatable bonds is 4. The maximum absolute atomic E-state index is 13.0. The summed E-state index contributed by atoms with van der Waals surface area (Å²) in [7, 11) is 0. The molecule has 32 heavy (non-hydrogen) atoms. The molecule has 2 aliphatic heterocycles. The monoisotopic (exact) mass is 446 g/mol. The molecule has 2 fully saturated rings. The zero-order valence-electron chi connectivity index (χ0n) is 17.4. The number of hydrogen-bond acceptors (Lipinski definition) is 5. The number of benzene rings is 2. The number of nitrogens with zero attached hydrogens (tertiary/aromatic N) is 4. The molecular weight excluding hydrogens is 424 g/mol. The molecule has 7 nitrogen and oxygen atoms in total. The lowest BCUT2D eigenvalue weighted by Gasteiger charge is -2.35. The van der Waals surface area contributed by atoms with Crippen molar-refractivity contribution in [3.8, 4) is 11.3 Å². The average molecular weight is 447 g/mol. The highest BCUT2D eigenvalue weighted by Crippen LogP contribution is 2.28. The maximum Gasteiger partial charge on any atom is 0.332 e. The van der Waals surface area contributed by atoms with Crippen molar-refractivity contribution in [3.05, 3.63) is 71.1 Å². The van der Waals surface area contributed by atoms with Crippen molar-refractivity contribution in [1.29, 1.82) is 0 Å². The summed E-state index contributed by atoms with van der Waals surface area (Å²) in [5, 5.41) is 2.38. The van der Waals surface area contributed by atoms with Crippen LogP contribution in [0.3, 0.4) is 0 Å². The highest BCUT2D eigenvalue weighted by molar-refractivity contribution is 7.12. The fraction of sp³-hybridized carbons (Fsp3) is 0.250. The largest absolute Gasteiger partial charge is 0.336 e. The topological polar surface area (TPSA) is 73.8 Å². The first kappa shape index (κ1) is 20.4. The number of imide groups is 1. The van der Waals surface area contributed by atoms with Gasteiger partial charge in [-0.15, -0.1) is 11.3 Å². The van der Waals surface area contributed by atoms with E-state index in [1.54, 1.807) is 21.9 Å². The Balaban J connectivity index is 1.22. The minimum absolute atomic E-state index is 0.0552. The van der Waals surface area contributed by atoms with Gasteiger partial charge in [-0.3, -0.25) is 9.59 Å². The van der Waals surface area contributed by atoms with Gasteiger partial charge in [0.2, 0.25) is 0 Å². The normalized spacial score (nSPS) is 17.3. The smallest absolute Gasteiger partial charge is 0.332 e. The van der Waals surface area contributed by atoms with E-state index >= 15 is 0 Å². The summed E-state index contributed by atoms with van der Waals surface area (Å²) in [6, 6.07) is 18.5. The highest BCUT2D eigenvalue weighted by atomic mass is 32.1. The van der Waals surface area contributed by atoms with Crippen LogP contribution >= 0.6 is 11.3 Å². The Morgan fingerprint density at radius 3 is 2.28 bits per heavy atom.